The predicted octanol–water partition coefficient (Wildman–Crippen LogP) is 3.83. The van der Waals surface area contributed by atoms with Gasteiger partial charge in [-0.05, 0) is 29.0 Å². The molecule has 0 aliphatic heterocycles. The van der Waals surface area contributed by atoms with Crippen molar-refractivity contribution in [2.45, 2.75) is 0 Å². The Balaban J connectivity index is 2.10. The van der Waals surface area contributed by atoms with E-state index in [4.69, 9.17) is 5.11 Å². The smallest absolute Gasteiger partial charge is 0.159 e. The first-order valence-corrected chi connectivity index (χ1v) is 6.00. The summed E-state index contributed by atoms with van der Waals surface area (Å²) in [6, 6.07) is 16.0. The van der Waals surface area contributed by atoms with Gasteiger partial charge in [-0.3, -0.25) is 0 Å². The summed E-state index contributed by atoms with van der Waals surface area (Å²) in [5, 5.41) is 11.1. The number of aromatic nitrogens is 2. The fourth-order valence-corrected chi connectivity index (χ4v) is 2.01. The van der Waals surface area contributed by atoms with Gasteiger partial charge in [0, 0.05) is 11.8 Å². The van der Waals surface area contributed by atoms with Gasteiger partial charge in [-0.2, -0.15) is 0 Å². The predicted molar refractivity (Wildman–Crippen MR) is 76.6 cm³/mol. The lowest BCUT2D eigenvalue weighted by atomic mass is 10.1. The first-order chi connectivity index (χ1) is 9.36. The second-order valence-corrected chi connectivity index (χ2v) is 4.18. The third kappa shape index (κ3) is 2.31. The van der Waals surface area contributed by atoms with Crippen molar-refractivity contribution in [3.63, 3.8) is 0 Å². The summed E-state index contributed by atoms with van der Waals surface area (Å²) < 4.78 is 0. The van der Waals surface area contributed by atoms with Crippen molar-refractivity contribution in [3.05, 3.63) is 66.7 Å². The van der Waals surface area contributed by atoms with Gasteiger partial charge in [-0.15, -0.1) is 0 Å². The number of fused-ring (bicyclic) bond motifs is 1. The molecule has 19 heavy (non-hydrogen) atoms. The Hall–Kier alpha value is -2.68. The van der Waals surface area contributed by atoms with Crippen LogP contribution >= 0.6 is 0 Å². The van der Waals surface area contributed by atoms with Crippen LogP contribution in [0.15, 0.2) is 61.0 Å². The summed E-state index contributed by atoms with van der Waals surface area (Å²) in [4.78, 5) is 8.65. The Kier molecular flexibility index (Phi) is 2.94. The van der Waals surface area contributed by atoms with E-state index in [2.05, 4.69) is 34.2 Å². The first-order valence-electron chi connectivity index (χ1n) is 6.00. The molecule has 1 N–H and O–H groups in total. The maximum absolute atomic E-state index is 8.78. The fraction of sp³-hybridized carbons (Fsp3) is 0. The van der Waals surface area contributed by atoms with Crippen molar-refractivity contribution in [3.8, 4) is 11.4 Å². The fourth-order valence-electron chi connectivity index (χ4n) is 2.01. The van der Waals surface area contributed by atoms with Crippen molar-refractivity contribution in [1.29, 1.82) is 0 Å². The quantitative estimate of drug-likeness (QED) is 0.701. The molecular weight excluding hydrogens is 236 g/mol. The molecule has 3 rings (SSSR count). The summed E-state index contributed by atoms with van der Waals surface area (Å²) in [5.74, 6) is 0.654. The van der Waals surface area contributed by atoms with E-state index in [-0.39, 0.29) is 0 Å². The SMILES string of the molecule is O/C=C/c1ccnc(-c2ccc3ccccc3c2)n1. The molecule has 0 saturated carbocycles. The minimum Gasteiger partial charge on any atom is -0.516 e. The number of aliphatic hydroxyl groups is 1. The minimum atomic E-state index is 0.654. The molecule has 92 valence electrons. The molecule has 0 saturated heterocycles. The van der Waals surface area contributed by atoms with Crippen molar-refractivity contribution in [2.75, 3.05) is 0 Å². The van der Waals surface area contributed by atoms with Gasteiger partial charge in [0.25, 0.3) is 0 Å². The molecule has 1 heterocycles. The monoisotopic (exact) mass is 248 g/mol. The van der Waals surface area contributed by atoms with E-state index in [0.29, 0.717) is 11.5 Å². The minimum absolute atomic E-state index is 0.654. The van der Waals surface area contributed by atoms with E-state index in [1.807, 2.05) is 18.2 Å². The summed E-state index contributed by atoms with van der Waals surface area (Å²) in [5.41, 5.74) is 1.65. The van der Waals surface area contributed by atoms with Crippen LogP contribution in [-0.4, -0.2) is 15.1 Å². The molecule has 0 unspecified atom stereocenters. The van der Waals surface area contributed by atoms with Crippen molar-refractivity contribution >= 4 is 16.8 Å². The van der Waals surface area contributed by atoms with Crippen LogP contribution in [0, 0.1) is 0 Å². The van der Waals surface area contributed by atoms with Crippen LogP contribution in [0.4, 0.5) is 0 Å². The topological polar surface area (TPSA) is 46.0 Å². The molecular formula is C16H12N2O. The van der Waals surface area contributed by atoms with Gasteiger partial charge in [0.15, 0.2) is 5.82 Å². The van der Waals surface area contributed by atoms with Crippen LogP contribution in [0.3, 0.4) is 0 Å². The van der Waals surface area contributed by atoms with E-state index in [1.165, 1.54) is 11.5 Å². The molecule has 2 aromatic carbocycles. The van der Waals surface area contributed by atoms with Crippen LogP contribution in [-0.2, 0) is 0 Å². The normalized spacial score (nSPS) is 11.2. The molecule has 0 fully saturated rings. The highest BCUT2D eigenvalue weighted by Crippen LogP contribution is 2.21. The maximum atomic E-state index is 8.78. The molecule has 0 bridgehead atoms. The lowest BCUT2D eigenvalue weighted by molar-refractivity contribution is 0.478. The largest absolute Gasteiger partial charge is 0.516 e. The first kappa shape index (κ1) is 11.4. The number of aliphatic hydroxyl groups excluding tert-OH is 1. The average Bonchev–Trinajstić information content (AvgIpc) is 2.47. The Morgan fingerprint density at radius 3 is 2.63 bits per heavy atom. The third-order valence-electron chi connectivity index (χ3n) is 2.93. The summed E-state index contributed by atoms with van der Waals surface area (Å²) in [6.07, 6.45) is 4.20. The van der Waals surface area contributed by atoms with Gasteiger partial charge in [-0.25, -0.2) is 9.97 Å². The average molecular weight is 248 g/mol. The lowest BCUT2D eigenvalue weighted by Gasteiger charge is -2.03. The molecule has 3 heteroatoms. The summed E-state index contributed by atoms with van der Waals surface area (Å²) in [7, 11) is 0. The van der Waals surface area contributed by atoms with Gasteiger partial charge in [0.1, 0.15) is 0 Å². The molecule has 3 nitrogen and oxygen atoms in total. The Bertz CT molecular complexity index is 750. The molecule has 0 aliphatic rings. The highest BCUT2D eigenvalue weighted by molar-refractivity contribution is 5.86. The number of rotatable bonds is 2. The Morgan fingerprint density at radius 1 is 0.947 bits per heavy atom. The van der Waals surface area contributed by atoms with Gasteiger partial charge >= 0.3 is 0 Å². The third-order valence-corrected chi connectivity index (χ3v) is 2.93. The zero-order chi connectivity index (χ0) is 13.1. The molecule has 0 radical (unpaired) electrons. The second kappa shape index (κ2) is 4.90. The molecule has 0 amide bonds. The zero-order valence-corrected chi connectivity index (χ0v) is 10.2. The van der Waals surface area contributed by atoms with Gasteiger partial charge in [0.2, 0.25) is 0 Å². The van der Waals surface area contributed by atoms with Gasteiger partial charge < -0.3 is 5.11 Å². The van der Waals surface area contributed by atoms with Crippen molar-refractivity contribution < 1.29 is 5.11 Å². The van der Waals surface area contributed by atoms with E-state index in [1.54, 1.807) is 12.3 Å². The van der Waals surface area contributed by atoms with E-state index in [9.17, 15) is 0 Å². The van der Waals surface area contributed by atoms with Crippen LogP contribution in [0.1, 0.15) is 5.69 Å². The number of nitrogens with zero attached hydrogens (tertiary/aromatic N) is 2. The van der Waals surface area contributed by atoms with Crippen LogP contribution in [0.2, 0.25) is 0 Å². The van der Waals surface area contributed by atoms with Gasteiger partial charge in [-0.1, -0.05) is 36.4 Å². The number of hydrogen-bond donors (Lipinski definition) is 1. The molecule has 3 aromatic rings. The van der Waals surface area contributed by atoms with Crippen molar-refractivity contribution in [2.24, 2.45) is 0 Å². The van der Waals surface area contributed by atoms with E-state index >= 15 is 0 Å². The lowest BCUT2D eigenvalue weighted by Crippen LogP contribution is -1.90. The molecule has 0 spiro atoms. The van der Waals surface area contributed by atoms with E-state index in [0.717, 1.165) is 17.2 Å². The number of benzene rings is 2. The number of hydrogen-bond acceptors (Lipinski definition) is 3. The molecule has 0 atom stereocenters. The molecule has 0 aliphatic carbocycles. The highest BCUT2D eigenvalue weighted by Gasteiger charge is 2.02. The Morgan fingerprint density at radius 2 is 1.79 bits per heavy atom. The highest BCUT2D eigenvalue weighted by atomic mass is 16.2. The van der Waals surface area contributed by atoms with Gasteiger partial charge in [0.05, 0.1) is 12.0 Å². The second-order valence-electron chi connectivity index (χ2n) is 4.18. The van der Waals surface area contributed by atoms with Crippen LogP contribution < -0.4 is 0 Å². The van der Waals surface area contributed by atoms with Crippen LogP contribution in [0.25, 0.3) is 28.2 Å². The summed E-state index contributed by atoms with van der Waals surface area (Å²) in [6.45, 7) is 0. The Labute approximate surface area is 110 Å². The van der Waals surface area contributed by atoms with Crippen molar-refractivity contribution in [1.82, 2.24) is 9.97 Å². The zero-order valence-electron chi connectivity index (χ0n) is 10.2. The summed E-state index contributed by atoms with van der Waals surface area (Å²) >= 11 is 0. The van der Waals surface area contributed by atoms with E-state index < -0.39 is 0 Å². The van der Waals surface area contributed by atoms with Crippen LogP contribution in [0.5, 0.6) is 0 Å². The maximum Gasteiger partial charge on any atom is 0.159 e. The molecule has 1 aromatic heterocycles. The standard InChI is InChI=1S/C16H12N2O/c19-10-8-15-7-9-17-16(18-15)14-6-5-12-3-1-2-4-13(12)11-14/h1-11,19H/b10-8+.